The topological polar surface area (TPSA) is 85.8 Å². The number of nitrogens with zero attached hydrogens (tertiary/aromatic N) is 3. The van der Waals surface area contributed by atoms with Gasteiger partial charge in [-0.15, -0.1) is 0 Å². The van der Waals surface area contributed by atoms with Crippen molar-refractivity contribution in [1.82, 2.24) is 15.3 Å². The molecule has 8 nitrogen and oxygen atoms in total. The van der Waals surface area contributed by atoms with Crippen molar-refractivity contribution in [1.29, 1.82) is 0 Å². The number of aromatic nitrogens is 2. The van der Waals surface area contributed by atoms with Gasteiger partial charge in [-0.3, -0.25) is 0 Å². The molecule has 1 saturated heterocycles. The van der Waals surface area contributed by atoms with Crippen LogP contribution in [-0.2, 0) is 9.47 Å². The highest BCUT2D eigenvalue weighted by molar-refractivity contribution is 5.80. The molecule has 3 rings (SSSR count). The van der Waals surface area contributed by atoms with E-state index in [-0.39, 0.29) is 18.7 Å². The van der Waals surface area contributed by atoms with Crippen molar-refractivity contribution in [3.05, 3.63) is 36.3 Å². The van der Waals surface area contributed by atoms with Crippen LogP contribution in [0, 0.1) is 0 Å². The second-order valence-corrected chi connectivity index (χ2v) is 7.90. The second kappa shape index (κ2) is 9.71. The Morgan fingerprint density at radius 2 is 2.10 bits per heavy atom. The summed E-state index contributed by atoms with van der Waals surface area (Å²) in [6.07, 6.45) is 1.56. The molecule has 2 aromatic rings. The molecule has 1 fully saturated rings. The van der Waals surface area contributed by atoms with Crippen molar-refractivity contribution >= 4 is 22.9 Å². The number of amides is 1. The predicted octanol–water partition coefficient (Wildman–Crippen LogP) is 3.22. The summed E-state index contributed by atoms with van der Waals surface area (Å²) in [7, 11) is 0. The molecule has 2 heterocycles. The van der Waals surface area contributed by atoms with Gasteiger partial charge in [0.15, 0.2) is 0 Å². The maximum Gasteiger partial charge on any atom is 0.407 e. The number of benzene rings is 1. The smallest absolute Gasteiger partial charge is 0.407 e. The van der Waals surface area contributed by atoms with E-state index in [9.17, 15) is 9.18 Å². The Morgan fingerprint density at radius 1 is 1.33 bits per heavy atom. The van der Waals surface area contributed by atoms with E-state index in [2.05, 4.69) is 20.2 Å². The van der Waals surface area contributed by atoms with E-state index in [1.807, 2.05) is 6.07 Å². The molecule has 1 aliphatic heterocycles. The van der Waals surface area contributed by atoms with Gasteiger partial charge in [-0.2, -0.15) is 0 Å². The summed E-state index contributed by atoms with van der Waals surface area (Å²) in [6.45, 7) is 8.13. The van der Waals surface area contributed by atoms with E-state index in [1.165, 1.54) is 0 Å². The van der Waals surface area contributed by atoms with Gasteiger partial charge in [-0.05, 0) is 39.0 Å². The lowest BCUT2D eigenvalue weighted by molar-refractivity contribution is 0.0531. The fraction of sp³-hybridized carbons (Fsp3) is 0.476. The predicted molar refractivity (Wildman–Crippen MR) is 111 cm³/mol. The summed E-state index contributed by atoms with van der Waals surface area (Å²) in [4.78, 5) is 22.8. The van der Waals surface area contributed by atoms with Crippen LogP contribution in [0.25, 0.3) is 10.9 Å². The summed E-state index contributed by atoms with van der Waals surface area (Å²) in [6, 6.07) is 5.42. The molecule has 1 aromatic heterocycles. The molecule has 9 heteroatoms. The third-order valence-electron chi connectivity index (χ3n) is 4.27. The van der Waals surface area contributed by atoms with Crippen molar-refractivity contribution in [3.8, 4) is 5.75 Å². The molecular formula is C21H27FN4O4. The van der Waals surface area contributed by atoms with Crippen LogP contribution in [0.1, 0.15) is 20.8 Å². The third-order valence-corrected chi connectivity index (χ3v) is 4.27. The summed E-state index contributed by atoms with van der Waals surface area (Å²) >= 11 is 0. The first kappa shape index (κ1) is 21.8. The second-order valence-electron chi connectivity index (χ2n) is 7.90. The van der Waals surface area contributed by atoms with Gasteiger partial charge in [0.1, 0.15) is 18.0 Å². The Bertz CT molecular complexity index is 908. The van der Waals surface area contributed by atoms with E-state index in [4.69, 9.17) is 14.2 Å². The van der Waals surface area contributed by atoms with Crippen molar-refractivity contribution in [2.24, 2.45) is 0 Å². The number of morpholine rings is 1. The number of carbonyl (C=O) groups excluding carboxylic acids is 1. The Kier molecular flexibility index (Phi) is 7.04. The molecule has 1 amide bonds. The van der Waals surface area contributed by atoms with Gasteiger partial charge in [-0.25, -0.2) is 19.2 Å². The molecule has 1 aromatic carbocycles. The van der Waals surface area contributed by atoms with Gasteiger partial charge in [0.05, 0.1) is 25.1 Å². The average molecular weight is 418 g/mol. The minimum Gasteiger partial charge on any atom is -0.489 e. The molecule has 0 spiro atoms. The molecule has 0 aliphatic carbocycles. The summed E-state index contributed by atoms with van der Waals surface area (Å²) in [5.74, 6) is 1.23. The zero-order valence-corrected chi connectivity index (χ0v) is 17.5. The van der Waals surface area contributed by atoms with Gasteiger partial charge in [0.25, 0.3) is 0 Å². The summed E-state index contributed by atoms with van der Waals surface area (Å²) in [5.41, 5.74) is 0.459. The molecule has 162 valence electrons. The van der Waals surface area contributed by atoms with E-state index >= 15 is 0 Å². The molecule has 0 bridgehead atoms. The highest BCUT2D eigenvalue weighted by Gasteiger charge is 2.16. The minimum atomic E-state index is -0.616. The Labute approximate surface area is 175 Å². The van der Waals surface area contributed by atoms with Gasteiger partial charge in [0, 0.05) is 36.8 Å². The van der Waals surface area contributed by atoms with Gasteiger partial charge >= 0.3 is 6.09 Å². The number of anilines is 1. The molecule has 1 N–H and O–H groups in total. The standard InChI is InChI=1S/C21H27FN4O4/c1-21(2,3)30-20(27)24-12-15(11-22)14-29-17-4-5-18-16(10-17)13-23-19(25-18)26-6-8-28-9-7-26/h4-5,10-11,13H,6-9,12,14H2,1-3H3,(H,24,27)/b15-11+. The number of hydrogen-bond donors (Lipinski definition) is 1. The van der Waals surface area contributed by atoms with Crippen LogP contribution >= 0.6 is 0 Å². The number of carbonyl (C=O) groups is 1. The maximum atomic E-state index is 13.2. The van der Waals surface area contributed by atoms with Crippen molar-refractivity contribution in [3.63, 3.8) is 0 Å². The Morgan fingerprint density at radius 3 is 2.80 bits per heavy atom. The maximum absolute atomic E-state index is 13.2. The number of ether oxygens (including phenoxy) is 3. The molecule has 30 heavy (non-hydrogen) atoms. The molecule has 0 unspecified atom stereocenters. The first-order chi connectivity index (χ1) is 14.3. The fourth-order valence-electron chi connectivity index (χ4n) is 2.80. The number of fused-ring (bicyclic) bond motifs is 1. The van der Waals surface area contributed by atoms with Gasteiger partial charge in [0.2, 0.25) is 5.95 Å². The first-order valence-corrected chi connectivity index (χ1v) is 9.81. The summed E-state index contributed by atoms with van der Waals surface area (Å²) < 4.78 is 29.3. The number of hydrogen-bond acceptors (Lipinski definition) is 7. The van der Waals surface area contributed by atoms with Crippen LogP contribution in [0.3, 0.4) is 0 Å². The zero-order valence-electron chi connectivity index (χ0n) is 17.5. The average Bonchev–Trinajstić information content (AvgIpc) is 2.72. The largest absolute Gasteiger partial charge is 0.489 e. The highest BCUT2D eigenvalue weighted by Crippen LogP contribution is 2.22. The van der Waals surface area contributed by atoms with E-state index in [1.54, 1.807) is 39.1 Å². The van der Waals surface area contributed by atoms with Crippen molar-refractivity contribution in [2.75, 3.05) is 44.4 Å². The van der Waals surface area contributed by atoms with E-state index < -0.39 is 11.7 Å². The molecule has 0 saturated carbocycles. The minimum absolute atomic E-state index is 0.00891. The van der Waals surface area contributed by atoms with Crippen LogP contribution in [0.4, 0.5) is 15.1 Å². The number of rotatable bonds is 6. The quantitative estimate of drug-likeness (QED) is 0.771. The first-order valence-electron chi connectivity index (χ1n) is 9.81. The molecule has 0 atom stereocenters. The van der Waals surface area contributed by atoms with Gasteiger partial charge < -0.3 is 24.4 Å². The number of halogens is 1. The monoisotopic (exact) mass is 418 g/mol. The van der Waals surface area contributed by atoms with E-state index in [0.29, 0.717) is 31.2 Å². The van der Waals surface area contributed by atoms with Crippen LogP contribution < -0.4 is 15.0 Å². The number of nitrogens with one attached hydrogen (secondary N) is 1. The fourth-order valence-corrected chi connectivity index (χ4v) is 2.80. The van der Waals surface area contributed by atoms with Crippen molar-refractivity contribution in [2.45, 2.75) is 26.4 Å². The zero-order chi connectivity index (χ0) is 21.6. The lowest BCUT2D eigenvalue weighted by atomic mass is 10.2. The lowest BCUT2D eigenvalue weighted by Gasteiger charge is -2.26. The molecule has 0 radical (unpaired) electrons. The Balaban J connectivity index is 1.56. The van der Waals surface area contributed by atoms with Crippen molar-refractivity contribution < 1.29 is 23.4 Å². The SMILES string of the molecule is CC(C)(C)OC(=O)NC/C(=C\F)COc1ccc2nc(N3CCOCC3)ncc2c1. The van der Waals surface area contributed by atoms with Crippen LogP contribution in [0.2, 0.25) is 0 Å². The summed E-state index contributed by atoms with van der Waals surface area (Å²) in [5, 5.41) is 3.33. The normalized spacial score (nSPS) is 15.2. The van der Waals surface area contributed by atoms with Crippen LogP contribution in [0.5, 0.6) is 5.75 Å². The molecular weight excluding hydrogens is 391 g/mol. The highest BCUT2D eigenvalue weighted by atomic mass is 19.1. The van der Waals surface area contributed by atoms with Crippen LogP contribution in [-0.4, -0.2) is 61.1 Å². The molecule has 1 aliphatic rings. The number of alkyl carbamates (subject to hydrolysis) is 1. The third kappa shape index (κ3) is 6.28. The Hall–Kier alpha value is -2.94. The van der Waals surface area contributed by atoms with E-state index in [0.717, 1.165) is 24.0 Å². The van der Waals surface area contributed by atoms with Gasteiger partial charge in [-0.1, -0.05) is 0 Å². The van der Waals surface area contributed by atoms with Crippen LogP contribution in [0.15, 0.2) is 36.3 Å². The lowest BCUT2D eigenvalue weighted by Crippen LogP contribution is -2.37.